The van der Waals surface area contributed by atoms with Crippen LogP contribution in [0.1, 0.15) is 20.8 Å². The van der Waals surface area contributed by atoms with Gasteiger partial charge in [0.15, 0.2) is 0 Å². The Morgan fingerprint density at radius 2 is 1.36 bits per heavy atom. The van der Waals surface area contributed by atoms with Crippen LogP contribution in [0.3, 0.4) is 0 Å². The maximum atomic E-state index is 8.68. The van der Waals surface area contributed by atoms with Gasteiger partial charge in [-0.05, 0) is 24.2 Å². The minimum Gasteiger partial charge on any atom is -0.396 e. The number of allylic oxidation sites excluding steroid dienone is 2. The number of halogens is 1. The van der Waals surface area contributed by atoms with Crippen LogP contribution < -0.4 is 27.9 Å². The average Bonchev–Trinajstić information content (AvgIpc) is 2.23. The average molecular weight is 316 g/mol. The number of hydrogen-bond donors (Lipinski definition) is 1. The number of nitrogens with zero attached hydrogens (tertiary/aromatic N) is 2. The van der Waals surface area contributed by atoms with E-state index >= 15 is 0 Å². The lowest BCUT2D eigenvalue weighted by molar-refractivity contribution is -1.63. The lowest BCUT2D eigenvalue weighted by Gasteiger charge is -2.25. The largest absolute Gasteiger partial charge is 0.503 e. The fourth-order valence-electron chi connectivity index (χ4n) is 1.33. The van der Waals surface area contributed by atoms with Gasteiger partial charge in [0, 0.05) is 25.5 Å². The molecule has 1 rings (SSSR count). The number of rotatable bonds is 0. The molecule has 0 saturated carbocycles. The predicted molar refractivity (Wildman–Crippen MR) is 45.6 cm³/mol. The van der Waals surface area contributed by atoms with Gasteiger partial charge < -0.3 is 16.7 Å². The van der Waals surface area contributed by atoms with E-state index in [0.29, 0.717) is 6.17 Å². The molecule has 1 N–H and O–H groups in total. The molecule has 1 aliphatic rings. The summed E-state index contributed by atoms with van der Waals surface area (Å²) in [6.07, 6.45) is 0.528. The maximum absolute atomic E-state index is 8.68. The smallest absolute Gasteiger partial charge is 0.396 e. The molecule has 0 amide bonds. The molecule has 0 unspecified atom stereocenters. The highest BCUT2D eigenvalue weighted by atomic mass is 127. The highest BCUT2D eigenvalue weighted by Crippen LogP contribution is 2.24. The van der Waals surface area contributed by atoms with E-state index < -0.39 is 21.1 Å². The van der Waals surface area contributed by atoms with Gasteiger partial charge in [-0.2, -0.15) is 0 Å². The van der Waals surface area contributed by atoms with Gasteiger partial charge in [-0.3, -0.25) is 0 Å². The van der Waals surface area contributed by atoms with Crippen LogP contribution in [0.2, 0.25) is 0 Å². The van der Waals surface area contributed by atoms with Gasteiger partial charge >= 0.3 is 21.1 Å². The van der Waals surface area contributed by atoms with E-state index in [1.807, 2.05) is 0 Å². The standard InChI is InChI=1S/C8H16N2.HIO3/c1-6-7(2)10(5)8(3)9(6)4;2-1(3)4/h8H,1-5H3;2H. The SMILES string of the molecule is CC1=C(C)N(C)C(C)N1C.[O-][I+2]([O-])O. The summed E-state index contributed by atoms with van der Waals surface area (Å²) >= 11 is -3.76. The predicted octanol–water partition coefficient (Wildman–Crippen LogP) is -4.47. The van der Waals surface area contributed by atoms with Gasteiger partial charge in [0.25, 0.3) is 0 Å². The first kappa shape index (κ1) is 13.9. The van der Waals surface area contributed by atoms with E-state index in [0.717, 1.165) is 0 Å². The maximum Gasteiger partial charge on any atom is 0.503 e. The third-order valence-electron chi connectivity index (χ3n) is 2.70. The molecule has 1 aliphatic heterocycles. The molecule has 0 aromatic heterocycles. The van der Waals surface area contributed by atoms with Crippen LogP contribution in [0.15, 0.2) is 11.4 Å². The zero-order chi connectivity index (χ0) is 11.5. The second kappa shape index (κ2) is 5.74. The summed E-state index contributed by atoms with van der Waals surface area (Å²) in [4.78, 5) is 4.57. The quantitative estimate of drug-likeness (QED) is 0.456. The van der Waals surface area contributed by atoms with E-state index in [1.165, 1.54) is 11.4 Å². The first-order valence-electron chi connectivity index (χ1n) is 4.16. The van der Waals surface area contributed by atoms with Gasteiger partial charge in [-0.15, -0.1) is 0 Å². The second-order valence-corrected chi connectivity index (χ2v) is 4.37. The Kier molecular flexibility index (Phi) is 5.72. The van der Waals surface area contributed by atoms with Gasteiger partial charge in [0.2, 0.25) is 0 Å². The molecule has 0 bridgehead atoms. The van der Waals surface area contributed by atoms with Crippen molar-refractivity contribution in [2.45, 2.75) is 26.9 Å². The molecule has 0 atom stereocenters. The summed E-state index contributed by atoms with van der Waals surface area (Å²) in [5.41, 5.74) is 2.77. The lowest BCUT2D eigenvalue weighted by atomic mass is 10.4. The first-order chi connectivity index (χ1) is 6.29. The van der Waals surface area contributed by atoms with E-state index in [1.54, 1.807) is 0 Å². The summed E-state index contributed by atoms with van der Waals surface area (Å²) in [5, 5.41) is 0. The molecule has 14 heavy (non-hydrogen) atoms. The van der Waals surface area contributed by atoms with Crippen molar-refractivity contribution < 1.29 is 31.4 Å². The van der Waals surface area contributed by atoms with E-state index in [-0.39, 0.29) is 0 Å². The van der Waals surface area contributed by atoms with Crippen molar-refractivity contribution in [3.05, 3.63) is 11.4 Å². The van der Waals surface area contributed by atoms with Crippen LogP contribution in [0.4, 0.5) is 0 Å². The minimum absolute atomic E-state index is 0.528. The minimum atomic E-state index is -3.76. The monoisotopic (exact) mass is 316 g/mol. The van der Waals surface area contributed by atoms with Crippen molar-refractivity contribution in [2.75, 3.05) is 14.1 Å². The van der Waals surface area contributed by atoms with Gasteiger partial charge in [0.05, 0.1) is 6.17 Å². The van der Waals surface area contributed by atoms with Gasteiger partial charge in [0.1, 0.15) is 0 Å². The summed E-state index contributed by atoms with van der Waals surface area (Å²) in [6.45, 7) is 6.53. The van der Waals surface area contributed by atoms with Gasteiger partial charge in [-0.25, -0.2) is 0 Å². The Hall–Kier alpha value is -0.0500. The first-order valence-corrected chi connectivity index (χ1v) is 6.89. The van der Waals surface area contributed by atoms with Gasteiger partial charge in [-0.1, -0.05) is 0 Å². The summed E-state index contributed by atoms with van der Waals surface area (Å²) in [7, 11) is 4.26. The van der Waals surface area contributed by atoms with Crippen molar-refractivity contribution in [1.82, 2.24) is 9.80 Å². The molecular weight excluding hydrogens is 299 g/mol. The Labute approximate surface area is 93.7 Å². The molecule has 0 aliphatic carbocycles. The molecule has 6 heteroatoms. The molecule has 0 aromatic rings. The Morgan fingerprint density at radius 1 is 1.14 bits per heavy atom. The molecule has 0 fully saturated rings. The third-order valence-corrected chi connectivity index (χ3v) is 2.70. The fraction of sp³-hybridized carbons (Fsp3) is 0.750. The third kappa shape index (κ3) is 3.60. The van der Waals surface area contributed by atoms with E-state index in [2.05, 4.69) is 44.7 Å². The molecule has 84 valence electrons. The van der Waals surface area contributed by atoms with E-state index in [4.69, 9.17) is 10.3 Å². The molecule has 1 heterocycles. The highest BCUT2D eigenvalue weighted by molar-refractivity contribution is 5.14. The van der Waals surface area contributed by atoms with Crippen LogP contribution in [-0.4, -0.2) is 33.5 Å². The molecule has 0 spiro atoms. The molecule has 0 saturated heterocycles. The molecule has 0 aromatic carbocycles. The van der Waals surface area contributed by atoms with Crippen LogP contribution in [0.25, 0.3) is 0 Å². The summed E-state index contributed by atoms with van der Waals surface area (Å²) in [5.74, 6) is 0. The van der Waals surface area contributed by atoms with Crippen molar-refractivity contribution in [2.24, 2.45) is 0 Å². The van der Waals surface area contributed by atoms with Crippen LogP contribution in [0.5, 0.6) is 0 Å². The lowest BCUT2D eigenvalue weighted by Crippen LogP contribution is -3.98. The Morgan fingerprint density at radius 3 is 1.43 bits per heavy atom. The van der Waals surface area contributed by atoms with Crippen LogP contribution in [-0.2, 0) is 0 Å². The van der Waals surface area contributed by atoms with Crippen molar-refractivity contribution in [3.63, 3.8) is 0 Å². The Bertz CT molecular complexity index is 200. The van der Waals surface area contributed by atoms with E-state index in [9.17, 15) is 0 Å². The normalized spacial score (nSPS) is 17.8. The zero-order valence-electron chi connectivity index (χ0n) is 9.11. The van der Waals surface area contributed by atoms with Crippen molar-refractivity contribution in [1.29, 1.82) is 0 Å². The highest BCUT2D eigenvalue weighted by Gasteiger charge is 2.24. The topological polar surface area (TPSA) is 72.8 Å². The number of hydrogen-bond acceptors (Lipinski definition) is 5. The summed E-state index contributed by atoms with van der Waals surface area (Å²) in [6, 6.07) is 0. The second-order valence-electron chi connectivity index (χ2n) is 3.23. The zero-order valence-corrected chi connectivity index (χ0v) is 11.3. The van der Waals surface area contributed by atoms with Crippen LogP contribution in [0, 0.1) is 0 Å². The molecular formula is C8H17IN2O3. The van der Waals surface area contributed by atoms with Crippen molar-refractivity contribution >= 4 is 0 Å². The molecule has 5 nitrogen and oxygen atoms in total. The summed E-state index contributed by atoms with van der Waals surface area (Å²) < 4.78 is 24.5. The molecule has 0 radical (unpaired) electrons. The Balaban J connectivity index is 0.000000364. The van der Waals surface area contributed by atoms with Crippen molar-refractivity contribution in [3.8, 4) is 0 Å². The van der Waals surface area contributed by atoms with Crippen LogP contribution >= 0.6 is 0 Å². The fourth-order valence-corrected chi connectivity index (χ4v) is 1.33.